The summed E-state index contributed by atoms with van der Waals surface area (Å²) in [6.07, 6.45) is 1.92. The molecule has 1 atom stereocenters. The number of hydrogen-bond donors (Lipinski definition) is 0. The zero-order chi connectivity index (χ0) is 6.69. The van der Waals surface area contributed by atoms with Gasteiger partial charge in [0.2, 0.25) is 0 Å². The topological polar surface area (TPSA) is 21.6 Å². The second-order valence-electron chi connectivity index (χ2n) is 2.11. The normalized spacial score (nSPS) is 23.0. The summed E-state index contributed by atoms with van der Waals surface area (Å²) >= 11 is 0. The molecule has 2 nitrogen and oxygen atoms in total. The maximum absolute atomic E-state index is 5.02. The van der Waals surface area contributed by atoms with Gasteiger partial charge in [0.05, 0.1) is 0 Å². The van der Waals surface area contributed by atoms with Gasteiger partial charge in [0.15, 0.2) is 0 Å². The van der Waals surface area contributed by atoms with Gasteiger partial charge >= 0.3 is 0 Å². The molecule has 0 saturated carbocycles. The molecule has 10 heavy (non-hydrogen) atoms. The molecule has 0 fully saturated rings. The second-order valence-corrected chi connectivity index (χ2v) is 2.11. The Morgan fingerprint density at radius 1 is 1.80 bits per heavy atom. The van der Waals surface area contributed by atoms with Crippen LogP contribution in [0, 0.1) is 13.5 Å². The van der Waals surface area contributed by atoms with Crippen molar-refractivity contribution in [3.8, 4) is 0 Å². The Labute approximate surface area is 87.3 Å². The van der Waals surface area contributed by atoms with Gasteiger partial charge in [-0.25, -0.2) is 0 Å². The van der Waals surface area contributed by atoms with E-state index in [4.69, 9.17) is 4.74 Å². The number of rotatable bonds is 2. The van der Waals surface area contributed by atoms with E-state index in [1.165, 1.54) is 0 Å². The fourth-order valence-corrected chi connectivity index (χ4v) is 0.813. The van der Waals surface area contributed by atoms with Crippen molar-refractivity contribution < 1.29 is 37.4 Å². The van der Waals surface area contributed by atoms with Gasteiger partial charge in [0.25, 0.3) is 0 Å². The summed E-state index contributed by atoms with van der Waals surface area (Å²) in [5.74, 6) is 0.772. The first kappa shape index (κ1) is 10.6. The maximum Gasteiger partial charge on any atom is 0.145 e. The van der Waals surface area contributed by atoms with Crippen molar-refractivity contribution in [1.82, 2.24) is 0 Å². The van der Waals surface area contributed by atoms with Gasteiger partial charge in [-0.05, 0) is 6.04 Å². The molecule has 1 radical (unpaired) electrons. The van der Waals surface area contributed by atoms with Crippen molar-refractivity contribution in [3.05, 3.63) is 13.5 Å². The molecule has 1 aliphatic rings. The van der Waals surface area contributed by atoms with E-state index < -0.39 is 0 Å². The molecule has 55 valence electrons. The molecule has 1 aliphatic heterocycles. The van der Waals surface area contributed by atoms with Gasteiger partial charge in [0, 0.05) is 39.6 Å². The Kier molecular flexibility index (Phi) is 5.56. The van der Waals surface area contributed by atoms with E-state index >= 15 is 0 Å². The van der Waals surface area contributed by atoms with Crippen LogP contribution in [-0.2, 0) is 37.4 Å². The maximum atomic E-state index is 5.02. The molecule has 1 unspecified atom stereocenters. The van der Waals surface area contributed by atoms with Crippen molar-refractivity contribution in [2.45, 2.75) is 25.8 Å². The number of hydrogen-bond acceptors (Lipinski definition) is 2. The molecule has 1 rings (SSSR count). The molecule has 0 N–H and O–H groups in total. The number of nitrogens with zero attached hydrogens (tertiary/aromatic N) is 1. The first-order valence-electron chi connectivity index (χ1n) is 3.16. The van der Waals surface area contributed by atoms with Crippen LogP contribution in [0.1, 0.15) is 19.8 Å². The molecule has 0 saturated heterocycles. The molecular weight excluding hydrogens is 203 g/mol. The predicted octanol–water partition coefficient (Wildman–Crippen LogP) is 1.58. The van der Waals surface area contributed by atoms with Crippen LogP contribution in [0.4, 0.5) is 0 Å². The third-order valence-corrected chi connectivity index (χ3v) is 1.24. The Morgan fingerprint density at radius 3 is 2.90 bits per heavy atom. The summed E-state index contributed by atoms with van der Waals surface area (Å²) in [4.78, 5) is 4.18. The first-order valence-corrected chi connectivity index (χ1v) is 3.16. The van der Waals surface area contributed by atoms with Gasteiger partial charge in [0.1, 0.15) is 5.90 Å². The van der Waals surface area contributed by atoms with E-state index in [1.54, 1.807) is 6.61 Å². The van der Waals surface area contributed by atoms with Crippen LogP contribution in [-0.4, -0.2) is 11.9 Å². The monoisotopic (exact) mass is 214 g/mol. The SMILES string of the molecule is [CH2-]CCC1[CH-]OC(C)=N1.[Y]. The molecule has 0 amide bonds. The van der Waals surface area contributed by atoms with Crippen molar-refractivity contribution in [1.29, 1.82) is 0 Å². The fourth-order valence-electron chi connectivity index (χ4n) is 0.813. The van der Waals surface area contributed by atoms with Gasteiger partial charge < -0.3 is 11.7 Å². The Morgan fingerprint density at radius 2 is 2.50 bits per heavy atom. The molecule has 0 aromatic heterocycles. The van der Waals surface area contributed by atoms with Crippen LogP contribution < -0.4 is 0 Å². The zero-order valence-corrected chi connectivity index (χ0v) is 9.05. The van der Waals surface area contributed by atoms with E-state index in [9.17, 15) is 0 Å². The van der Waals surface area contributed by atoms with Gasteiger partial charge in [-0.2, -0.15) is 6.42 Å². The number of ether oxygens (including phenoxy) is 1. The number of aliphatic imine (C=N–C) groups is 1. The van der Waals surface area contributed by atoms with Crippen LogP contribution in [0.3, 0.4) is 0 Å². The van der Waals surface area contributed by atoms with Crippen molar-refractivity contribution in [2.24, 2.45) is 4.99 Å². The van der Waals surface area contributed by atoms with Crippen LogP contribution in [0.2, 0.25) is 0 Å². The second kappa shape index (κ2) is 5.25. The molecule has 0 bridgehead atoms. The minimum atomic E-state index is 0. The molecule has 0 spiro atoms. The summed E-state index contributed by atoms with van der Waals surface area (Å²) in [6.45, 7) is 7.35. The van der Waals surface area contributed by atoms with E-state index in [1.807, 2.05) is 6.92 Å². The molecule has 1 heterocycles. The largest absolute Gasteiger partial charge is 0.651 e. The van der Waals surface area contributed by atoms with Crippen molar-refractivity contribution in [2.75, 3.05) is 0 Å². The van der Waals surface area contributed by atoms with E-state index in [-0.39, 0.29) is 38.8 Å². The Balaban J connectivity index is 0.000000810. The molecule has 3 heteroatoms. The van der Waals surface area contributed by atoms with E-state index in [2.05, 4.69) is 11.9 Å². The van der Waals surface area contributed by atoms with Crippen molar-refractivity contribution in [3.63, 3.8) is 0 Å². The summed E-state index contributed by atoms with van der Waals surface area (Å²) in [5, 5.41) is 0. The summed E-state index contributed by atoms with van der Waals surface area (Å²) in [7, 11) is 0. The van der Waals surface area contributed by atoms with Crippen LogP contribution >= 0.6 is 0 Å². The Hall–Kier alpha value is 0.574. The minimum absolute atomic E-state index is 0. The van der Waals surface area contributed by atoms with Gasteiger partial charge in [-0.1, -0.05) is 6.42 Å². The summed E-state index contributed by atoms with van der Waals surface area (Å²) in [6, 6.07) is 0.266. The molecule has 0 aromatic carbocycles. The predicted molar refractivity (Wildman–Crippen MR) is 36.9 cm³/mol. The summed E-state index contributed by atoms with van der Waals surface area (Å²) < 4.78 is 5.02. The average Bonchev–Trinajstić information content (AvgIpc) is 2.17. The standard InChI is InChI=1S/C7H11NO.Y/c1-3-4-7-5-9-6(2)8-7;/h5,7H,1,3-4H2,2H3;/q-2;. The van der Waals surface area contributed by atoms with Gasteiger partial charge in [-0.15, -0.1) is 6.61 Å². The van der Waals surface area contributed by atoms with E-state index in [0.29, 0.717) is 0 Å². The van der Waals surface area contributed by atoms with Crippen LogP contribution in [0.5, 0.6) is 0 Å². The smallest absolute Gasteiger partial charge is 0.145 e. The Bertz CT molecular complexity index is 125. The zero-order valence-electron chi connectivity index (χ0n) is 6.21. The quantitative estimate of drug-likeness (QED) is 0.639. The third kappa shape index (κ3) is 3.11. The third-order valence-electron chi connectivity index (χ3n) is 1.24. The van der Waals surface area contributed by atoms with E-state index in [0.717, 1.165) is 18.7 Å². The fraction of sp³-hybridized carbons (Fsp3) is 0.571. The summed E-state index contributed by atoms with van der Waals surface area (Å²) in [5.41, 5.74) is 0. The molecule has 0 aromatic rings. The average molecular weight is 214 g/mol. The van der Waals surface area contributed by atoms with Crippen molar-refractivity contribution >= 4 is 5.90 Å². The molecule has 0 aliphatic carbocycles. The minimum Gasteiger partial charge on any atom is -0.651 e. The first-order chi connectivity index (χ1) is 4.33. The van der Waals surface area contributed by atoms with Gasteiger partial charge in [-0.3, -0.25) is 4.99 Å². The van der Waals surface area contributed by atoms with Crippen LogP contribution in [0.15, 0.2) is 4.99 Å². The van der Waals surface area contributed by atoms with Crippen LogP contribution in [0.25, 0.3) is 0 Å². The molecular formula is C7H11NOY-2.